The van der Waals surface area contributed by atoms with Crippen LogP contribution in [0.5, 0.6) is 11.8 Å². The molecule has 1 aromatic heterocycles. The number of nitrogens with two attached hydrogens (primary N) is 1. The van der Waals surface area contributed by atoms with Crippen molar-refractivity contribution >= 4 is 34.1 Å². The second kappa shape index (κ2) is 6.04. The lowest BCUT2D eigenvalue weighted by molar-refractivity contribution is 0.102. The first-order valence-electron chi connectivity index (χ1n) is 5.62. The first kappa shape index (κ1) is 14.5. The molecular formula is C13H12IN3O3. The van der Waals surface area contributed by atoms with E-state index in [-0.39, 0.29) is 23.4 Å². The minimum atomic E-state index is -0.377. The van der Waals surface area contributed by atoms with Crippen LogP contribution in [-0.4, -0.2) is 30.0 Å². The average Bonchev–Trinajstić information content (AvgIpc) is 2.48. The second-order valence-corrected chi connectivity index (χ2v) is 4.97. The van der Waals surface area contributed by atoms with Crippen LogP contribution in [0.1, 0.15) is 16.2 Å². The molecule has 0 spiro atoms. The van der Waals surface area contributed by atoms with Gasteiger partial charge in [0.1, 0.15) is 0 Å². The van der Waals surface area contributed by atoms with Gasteiger partial charge in [-0.3, -0.25) is 4.79 Å². The van der Waals surface area contributed by atoms with Gasteiger partial charge in [-0.25, -0.2) is 0 Å². The van der Waals surface area contributed by atoms with E-state index in [0.717, 1.165) is 3.57 Å². The predicted molar refractivity (Wildman–Crippen MR) is 82.1 cm³/mol. The summed E-state index contributed by atoms with van der Waals surface area (Å²) in [5, 5.41) is 0. The SMILES string of the molecule is COc1cc(OC)nc(C(=O)c2cccc(I)c2N)n1. The summed E-state index contributed by atoms with van der Waals surface area (Å²) >= 11 is 2.06. The molecule has 1 aromatic carbocycles. The lowest BCUT2D eigenvalue weighted by Gasteiger charge is -2.08. The highest BCUT2D eigenvalue weighted by Crippen LogP contribution is 2.23. The van der Waals surface area contributed by atoms with Crippen molar-refractivity contribution in [1.82, 2.24) is 9.97 Å². The Kier molecular flexibility index (Phi) is 4.38. The lowest BCUT2D eigenvalue weighted by Crippen LogP contribution is -2.11. The molecule has 0 amide bonds. The molecule has 0 fully saturated rings. The molecule has 1 heterocycles. The van der Waals surface area contributed by atoms with E-state index in [0.29, 0.717) is 11.3 Å². The van der Waals surface area contributed by atoms with E-state index in [9.17, 15) is 4.79 Å². The highest BCUT2D eigenvalue weighted by Gasteiger charge is 2.18. The Morgan fingerprint density at radius 2 is 1.80 bits per heavy atom. The van der Waals surface area contributed by atoms with Gasteiger partial charge in [0.2, 0.25) is 23.4 Å². The maximum absolute atomic E-state index is 12.4. The van der Waals surface area contributed by atoms with Crippen molar-refractivity contribution in [2.75, 3.05) is 20.0 Å². The van der Waals surface area contributed by atoms with Crippen molar-refractivity contribution in [2.45, 2.75) is 0 Å². The molecular weight excluding hydrogens is 373 g/mol. The molecule has 0 aliphatic carbocycles. The van der Waals surface area contributed by atoms with Crippen LogP contribution in [0.2, 0.25) is 0 Å². The number of hydrogen-bond acceptors (Lipinski definition) is 6. The fourth-order valence-electron chi connectivity index (χ4n) is 1.57. The average molecular weight is 385 g/mol. The summed E-state index contributed by atoms with van der Waals surface area (Å²) in [4.78, 5) is 20.5. The van der Waals surface area contributed by atoms with Gasteiger partial charge >= 0.3 is 0 Å². The number of anilines is 1. The molecule has 0 unspecified atom stereocenters. The van der Waals surface area contributed by atoms with Crippen molar-refractivity contribution in [2.24, 2.45) is 0 Å². The molecule has 104 valence electrons. The third kappa shape index (κ3) is 2.82. The minimum Gasteiger partial charge on any atom is -0.481 e. The first-order chi connectivity index (χ1) is 9.56. The topological polar surface area (TPSA) is 87.3 Å². The molecule has 2 aromatic rings. The van der Waals surface area contributed by atoms with Gasteiger partial charge in [0.25, 0.3) is 0 Å². The molecule has 6 nitrogen and oxygen atoms in total. The van der Waals surface area contributed by atoms with Crippen LogP contribution >= 0.6 is 22.6 Å². The molecule has 0 aliphatic rings. The normalized spacial score (nSPS) is 10.2. The van der Waals surface area contributed by atoms with E-state index in [1.807, 2.05) is 6.07 Å². The fourth-order valence-corrected chi connectivity index (χ4v) is 2.07. The molecule has 2 N–H and O–H groups in total. The zero-order chi connectivity index (χ0) is 14.7. The Labute approximate surface area is 129 Å². The van der Waals surface area contributed by atoms with Crippen LogP contribution < -0.4 is 15.2 Å². The Bertz CT molecular complexity index is 639. The minimum absolute atomic E-state index is 0.0186. The number of halogens is 1. The zero-order valence-corrected chi connectivity index (χ0v) is 13.0. The van der Waals surface area contributed by atoms with Gasteiger partial charge in [-0.15, -0.1) is 0 Å². The summed E-state index contributed by atoms with van der Waals surface area (Å²) < 4.78 is 10.8. The molecule has 0 aliphatic heterocycles. The molecule has 20 heavy (non-hydrogen) atoms. The third-order valence-corrected chi connectivity index (χ3v) is 3.54. The van der Waals surface area contributed by atoms with Gasteiger partial charge < -0.3 is 15.2 Å². The van der Waals surface area contributed by atoms with Crippen LogP contribution in [0, 0.1) is 3.57 Å². The Balaban J connectivity index is 2.50. The number of para-hydroxylation sites is 1. The monoisotopic (exact) mass is 385 g/mol. The van der Waals surface area contributed by atoms with E-state index in [1.54, 1.807) is 12.1 Å². The molecule has 7 heteroatoms. The van der Waals surface area contributed by atoms with E-state index in [1.165, 1.54) is 20.3 Å². The maximum atomic E-state index is 12.4. The number of methoxy groups -OCH3 is 2. The van der Waals surface area contributed by atoms with Gasteiger partial charge in [-0.05, 0) is 34.7 Å². The third-order valence-electron chi connectivity index (χ3n) is 2.60. The number of carbonyl (C=O) groups excluding carboxylic acids is 1. The van der Waals surface area contributed by atoms with Crippen molar-refractivity contribution in [3.8, 4) is 11.8 Å². The second-order valence-electron chi connectivity index (χ2n) is 3.81. The Morgan fingerprint density at radius 3 is 2.35 bits per heavy atom. The van der Waals surface area contributed by atoms with E-state index in [2.05, 4.69) is 32.6 Å². The maximum Gasteiger partial charge on any atom is 0.232 e. The zero-order valence-electron chi connectivity index (χ0n) is 10.9. The number of carbonyl (C=O) groups is 1. The standard InChI is InChI=1S/C13H12IN3O3/c1-19-9-6-10(20-2)17-13(16-9)12(18)7-4-3-5-8(14)11(7)15/h3-6H,15H2,1-2H3. The smallest absolute Gasteiger partial charge is 0.232 e. The number of aromatic nitrogens is 2. The predicted octanol–water partition coefficient (Wildman–Crippen LogP) is 1.91. The summed E-state index contributed by atoms with van der Waals surface area (Å²) in [5.41, 5.74) is 6.68. The summed E-state index contributed by atoms with van der Waals surface area (Å²) in [5.74, 6) is 0.113. The molecule has 2 rings (SSSR count). The van der Waals surface area contributed by atoms with Gasteiger partial charge in [0.05, 0.1) is 26.0 Å². The number of benzene rings is 1. The van der Waals surface area contributed by atoms with Crippen molar-refractivity contribution in [3.05, 3.63) is 39.2 Å². The number of nitrogens with zero attached hydrogens (tertiary/aromatic N) is 2. The lowest BCUT2D eigenvalue weighted by atomic mass is 10.1. The number of nitrogen functional groups attached to an aromatic ring is 1. The number of hydrogen-bond donors (Lipinski definition) is 1. The number of ketones is 1. The van der Waals surface area contributed by atoms with E-state index in [4.69, 9.17) is 15.2 Å². The van der Waals surface area contributed by atoms with Gasteiger partial charge in [-0.1, -0.05) is 6.07 Å². The van der Waals surface area contributed by atoms with Crippen LogP contribution in [0.25, 0.3) is 0 Å². The van der Waals surface area contributed by atoms with Gasteiger partial charge in [0.15, 0.2) is 0 Å². The summed E-state index contributed by atoms with van der Waals surface area (Å²) in [6.45, 7) is 0. The molecule has 0 radical (unpaired) electrons. The quantitative estimate of drug-likeness (QED) is 0.492. The number of rotatable bonds is 4. The van der Waals surface area contributed by atoms with Crippen LogP contribution in [0.15, 0.2) is 24.3 Å². The Morgan fingerprint density at radius 1 is 1.20 bits per heavy atom. The summed E-state index contributed by atoms with van der Waals surface area (Å²) in [6, 6.07) is 6.70. The largest absolute Gasteiger partial charge is 0.481 e. The number of ether oxygens (including phenoxy) is 2. The van der Waals surface area contributed by atoms with Crippen molar-refractivity contribution in [3.63, 3.8) is 0 Å². The van der Waals surface area contributed by atoms with Gasteiger partial charge in [0, 0.05) is 9.13 Å². The van der Waals surface area contributed by atoms with Crippen LogP contribution in [-0.2, 0) is 0 Å². The van der Waals surface area contributed by atoms with Crippen molar-refractivity contribution < 1.29 is 14.3 Å². The highest BCUT2D eigenvalue weighted by atomic mass is 127. The summed E-state index contributed by atoms with van der Waals surface area (Å²) in [7, 11) is 2.91. The molecule has 0 bridgehead atoms. The van der Waals surface area contributed by atoms with Crippen LogP contribution in [0.3, 0.4) is 0 Å². The van der Waals surface area contributed by atoms with E-state index < -0.39 is 0 Å². The fraction of sp³-hybridized carbons (Fsp3) is 0.154. The van der Waals surface area contributed by atoms with Gasteiger partial charge in [-0.2, -0.15) is 9.97 Å². The molecule has 0 saturated carbocycles. The van der Waals surface area contributed by atoms with Crippen molar-refractivity contribution in [1.29, 1.82) is 0 Å². The van der Waals surface area contributed by atoms with E-state index >= 15 is 0 Å². The Hall–Kier alpha value is -1.90. The molecule has 0 atom stereocenters. The van der Waals surface area contributed by atoms with Crippen LogP contribution in [0.4, 0.5) is 5.69 Å². The first-order valence-corrected chi connectivity index (χ1v) is 6.70. The summed E-state index contributed by atoms with van der Waals surface area (Å²) in [6.07, 6.45) is 0. The highest BCUT2D eigenvalue weighted by molar-refractivity contribution is 14.1. The molecule has 0 saturated heterocycles.